The first-order valence-electron chi connectivity index (χ1n) is 7.34. The van der Waals surface area contributed by atoms with Crippen LogP contribution < -0.4 is 10.5 Å². The molecule has 2 rings (SSSR count). The number of ether oxygens (including phenoxy) is 1. The first-order chi connectivity index (χ1) is 11.0. The number of nitrogens with two attached hydrogens (primary N) is 1. The average Bonchev–Trinajstić information content (AvgIpc) is 3.08. The van der Waals surface area contributed by atoms with E-state index < -0.39 is 0 Å². The van der Waals surface area contributed by atoms with Gasteiger partial charge < -0.3 is 19.9 Å². The molecule has 0 bridgehead atoms. The van der Waals surface area contributed by atoms with Crippen molar-refractivity contribution < 1.29 is 14.1 Å². The molecule has 1 atom stereocenters. The maximum Gasteiger partial charge on any atom is 0.257 e. The fraction of sp³-hybridized carbons (Fsp3) is 0.375. The second-order valence-corrected chi connectivity index (χ2v) is 5.58. The van der Waals surface area contributed by atoms with Crippen LogP contribution in [0.2, 0.25) is 5.02 Å². The largest absolute Gasteiger partial charge is 0.493 e. The van der Waals surface area contributed by atoms with Crippen molar-refractivity contribution in [2.75, 3.05) is 20.2 Å². The molecular formula is C16H20ClN3O3. The highest BCUT2D eigenvalue weighted by molar-refractivity contribution is 6.30. The van der Waals surface area contributed by atoms with Crippen LogP contribution in [-0.2, 0) is 0 Å². The van der Waals surface area contributed by atoms with Crippen molar-refractivity contribution in [2.45, 2.75) is 19.4 Å². The van der Waals surface area contributed by atoms with Crippen molar-refractivity contribution in [3.8, 4) is 5.75 Å². The molecule has 2 aromatic rings. The fourth-order valence-electron chi connectivity index (χ4n) is 2.06. The van der Waals surface area contributed by atoms with Gasteiger partial charge in [0.1, 0.15) is 17.7 Å². The molecule has 0 unspecified atom stereocenters. The van der Waals surface area contributed by atoms with Crippen LogP contribution in [0.4, 0.5) is 0 Å². The molecule has 1 amide bonds. The molecule has 23 heavy (non-hydrogen) atoms. The Hall–Kier alpha value is -2.05. The fourth-order valence-corrected chi connectivity index (χ4v) is 2.22. The highest BCUT2D eigenvalue weighted by Crippen LogP contribution is 2.27. The minimum absolute atomic E-state index is 0.181. The van der Waals surface area contributed by atoms with Gasteiger partial charge in [0.25, 0.3) is 5.91 Å². The Labute approximate surface area is 140 Å². The molecule has 0 aliphatic carbocycles. The Morgan fingerprint density at radius 2 is 2.26 bits per heavy atom. The number of aromatic nitrogens is 1. The van der Waals surface area contributed by atoms with E-state index in [2.05, 4.69) is 5.16 Å². The molecule has 0 saturated carbocycles. The number of nitrogens with zero attached hydrogens (tertiary/aromatic N) is 2. The zero-order chi connectivity index (χ0) is 16.8. The van der Waals surface area contributed by atoms with Gasteiger partial charge in [0.15, 0.2) is 0 Å². The molecule has 1 aromatic carbocycles. The van der Waals surface area contributed by atoms with E-state index in [0.717, 1.165) is 0 Å². The van der Waals surface area contributed by atoms with E-state index in [1.807, 2.05) is 6.92 Å². The van der Waals surface area contributed by atoms with Crippen molar-refractivity contribution in [3.05, 3.63) is 46.8 Å². The lowest BCUT2D eigenvalue weighted by Crippen LogP contribution is -2.30. The van der Waals surface area contributed by atoms with Gasteiger partial charge in [0.05, 0.1) is 18.2 Å². The maximum atomic E-state index is 12.8. The second kappa shape index (κ2) is 7.99. The van der Waals surface area contributed by atoms with Crippen LogP contribution in [0.3, 0.4) is 0 Å². The Morgan fingerprint density at radius 3 is 2.91 bits per heavy atom. The quantitative estimate of drug-likeness (QED) is 0.785. The second-order valence-electron chi connectivity index (χ2n) is 5.15. The highest BCUT2D eigenvalue weighted by atomic mass is 35.5. The van der Waals surface area contributed by atoms with Crippen LogP contribution in [-0.4, -0.2) is 36.2 Å². The van der Waals surface area contributed by atoms with Crippen molar-refractivity contribution in [1.29, 1.82) is 0 Å². The van der Waals surface area contributed by atoms with Crippen molar-refractivity contribution in [3.63, 3.8) is 0 Å². The summed E-state index contributed by atoms with van der Waals surface area (Å²) in [5.74, 6) is 0.273. The molecule has 124 valence electrons. The molecule has 0 spiro atoms. The number of benzene rings is 1. The van der Waals surface area contributed by atoms with Crippen LogP contribution in [0, 0.1) is 0 Å². The third kappa shape index (κ3) is 4.24. The summed E-state index contributed by atoms with van der Waals surface area (Å²) in [6, 6.07) is 6.47. The number of amides is 1. The van der Waals surface area contributed by atoms with Crippen LogP contribution >= 0.6 is 11.6 Å². The monoisotopic (exact) mass is 337 g/mol. The lowest BCUT2D eigenvalue weighted by molar-refractivity contribution is 0.0733. The molecule has 6 nitrogen and oxygen atoms in total. The number of halogens is 1. The van der Waals surface area contributed by atoms with Gasteiger partial charge in [-0.1, -0.05) is 16.8 Å². The minimum atomic E-state index is -0.228. The van der Waals surface area contributed by atoms with Crippen LogP contribution in [0.15, 0.2) is 35.1 Å². The maximum absolute atomic E-state index is 12.8. The Morgan fingerprint density at radius 1 is 1.48 bits per heavy atom. The molecule has 0 fully saturated rings. The minimum Gasteiger partial charge on any atom is -0.493 e. The Bertz CT molecular complexity index is 646. The normalized spacial score (nSPS) is 12.0. The summed E-state index contributed by atoms with van der Waals surface area (Å²) in [6.45, 7) is 2.83. The van der Waals surface area contributed by atoms with Crippen molar-refractivity contribution >= 4 is 17.5 Å². The van der Waals surface area contributed by atoms with Crippen LogP contribution in [0.25, 0.3) is 0 Å². The van der Waals surface area contributed by atoms with Gasteiger partial charge in [0, 0.05) is 18.1 Å². The summed E-state index contributed by atoms with van der Waals surface area (Å²) in [5.41, 5.74) is 6.59. The molecule has 0 aliphatic rings. The topological polar surface area (TPSA) is 81.6 Å². The van der Waals surface area contributed by atoms with E-state index in [1.54, 1.807) is 36.2 Å². The molecular weight excluding hydrogens is 318 g/mol. The van der Waals surface area contributed by atoms with E-state index in [9.17, 15) is 4.79 Å². The standard InChI is InChI=1S/C16H20ClN3O3/c1-11(14-6-9-23-19-14)20(2)16(21)13-5-4-12(17)10-15(13)22-8-3-7-18/h4-6,9-11H,3,7-8,18H2,1-2H3/t11-/m1/s1. The molecule has 1 heterocycles. The number of hydrogen-bond donors (Lipinski definition) is 1. The summed E-state index contributed by atoms with van der Waals surface area (Å²) >= 11 is 6.01. The van der Waals surface area contributed by atoms with E-state index in [1.165, 1.54) is 6.26 Å². The van der Waals surface area contributed by atoms with Crippen LogP contribution in [0.5, 0.6) is 5.75 Å². The molecule has 0 saturated heterocycles. The predicted octanol–water partition coefficient (Wildman–Crippen LogP) is 2.89. The van der Waals surface area contributed by atoms with Gasteiger partial charge in [-0.3, -0.25) is 4.79 Å². The number of rotatable bonds is 7. The van der Waals surface area contributed by atoms with Gasteiger partial charge >= 0.3 is 0 Å². The first kappa shape index (κ1) is 17.3. The van der Waals surface area contributed by atoms with E-state index >= 15 is 0 Å². The predicted molar refractivity (Wildman–Crippen MR) is 87.6 cm³/mol. The summed E-state index contributed by atoms with van der Waals surface area (Å²) < 4.78 is 10.5. The Kier molecular flexibility index (Phi) is 6.01. The van der Waals surface area contributed by atoms with E-state index in [0.29, 0.717) is 41.6 Å². The Balaban J connectivity index is 2.20. The molecule has 2 N–H and O–H groups in total. The third-order valence-corrected chi connectivity index (χ3v) is 3.80. The van der Waals surface area contributed by atoms with Crippen molar-refractivity contribution in [2.24, 2.45) is 5.73 Å². The average molecular weight is 338 g/mol. The van der Waals surface area contributed by atoms with Gasteiger partial charge in [-0.25, -0.2) is 0 Å². The zero-order valence-electron chi connectivity index (χ0n) is 13.2. The van der Waals surface area contributed by atoms with Gasteiger partial charge in [-0.05, 0) is 38.1 Å². The third-order valence-electron chi connectivity index (χ3n) is 3.57. The number of carbonyl (C=O) groups is 1. The lowest BCUT2D eigenvalue weighted by Gasteiger charge is -2.24. The van der Waals surface area contributed by atoms with E-state index in [4.69, 9.17) is 26.6 Å². The first-order valence-corrected chi connectivity index (χ1v) is 7.72. The van der Waals surface area contributed by atoms with E-state index in [-0.39, 0.29) is 11.9 Å². The van der Waals surface area contributed by atoms with Crippen molar-refractivity contribution in [1.82, 2.24) is 10.1 Å². The summed E-state index contributed by atoms with van der Waals surface area (Å²) in [5, 5.41) is 4.39. The number of hydrogen-bond acceptors (Lipinski definition) is 5. The highest BCUT2D eigenvalue weighted by Gasteiger charge is 2.23. The van der Waals surface area contributed by atoms with Gasteiger partial charge in [0.2, 0.25) is 0 Å². The molecule has 0 radical (unpaired) electrons. The zero-order valence-corrected chi connectivity index (χ0v) is 13.9. The molecule has 1 aromatic heterocycles. The summed E-state index contributed by atoms with van der Waals surface area (Å²) in [4.78, 5) is 14.3. The SMILES string of the molecule is C[C@H](c1ccon1)N(C)C(=O)c1ccc(Cl)cc1OCCCN. The molecule has 7 heteroatoms. The molecule has 0 aliphatic heterocycles. The van der Waals surface area contributed by atoms with Crippen LogP contribution in [0.1, 0.15) is 35.4 Å². The lowest BCUT2D eigenvalue weighted by atomic mass is 10.1. The summed E-state index contributed by atoms with van der Waals surface area (Å²) in [6.07, 6.45) is 2.18. The van der Waals surface area contributed by atoms with Gasteiger partial charge in [-0.2, -0.15) is 0 Å². The van der Waals surface area contributed by atoms with Gasteiger partial charge in [-0.15, -0.1) is 0 Å². The number of carbonyl (C=O) groups excluding carboxylic acids is 1. The smallest absolute Gasteiger partial charge is 0.257 e. The summed E-state index contributed by atoms with van der Waals surface area (Å²) in [7, 11) is 1.71.